The van der Waals surface area contributed by atoms with Crippen LogP contribution in [-0.4, -0.2) is 46.6 Å². The molecule has 4 nitrogen and oxygen atoms in total. The van der Waals surface area contributed by atoms with Gasteiger partial charge in [-0.15, -0.1) is 0 Å². The zero-order valence-electron chi connectivity index (χ0n) is 11.9. The fourth-order valence-corrected chi connectivity index (χ4v) is 2.58. The third-order valence-corrected chi connectivity index (χ3v) is 3.56. The summed E-state index contributed by atoms with van der Waals surface area (Å²) in [4.78, 5) is 11.8. The van der Waals surface area contributed by atoms with E-state index in [1.807, 2.05) is 4.90 Å². The Balaban J connectivity index is 2.14. The Labute approximate surface area is 116 Å². The van der Waals surface area contributed by atoms with E-state index in [1.165, 1.54) is 6.20 Å². The SMILES string of the molecule is CC(C)N1CCN(c2nccc(C(F)(F)F)n2)C[C@@H]1C. The second-order valence-corrected chi connectivity index (χ2v) is 5.37. The maximum absolute atomic E-state index is 12.7. The summed E-state index contributed by atoms with van der Waals surface area (Å²) in [6.07, 6.45) is -3.26. The van der Waals surface area contributed by atoms with Crippen LogP contribution in [0.1, 0.15) is 26.5 Å². The number of anilines is 1. The molecule has 0 aliphatic carbocycles. The molecule has 1 aliphatic heterocycles. The van der Waals surface area contributed by atoms with E-state index in [0.717, 1.165) is 12.6 Å². The van der Waals surface area contributed by atoms with Gasteiger partial charge in [0.15, 0.2) is 0 Å². The predicted octanol–water partition coefficient (Wildman–Crippen LogP) is 2.41. The molecule has 2 heterocycles. The van der Waals surface area contributed by atoms with Crippen molar-refractivity contribution in [2.75, 3.05) is 24.5 Å². The minimum absolute atomic E-state index is 0.162. The van der Waals surface area contributed by atoms with Crippen LogP contribution in [-0.2, 0) is 6.18 Å². The summed E-state index contributed by atoms with van der Waals surface area (Å²) in [5.74, 6) is 0.162. The fraction of sp³-hybridized carbons (Fsp3) is 0.692. The second kappa shape index (κ2) is 5.55. The Kier molecular flexibility index (Phi) is 4.17. The lowest BCUT2D eigenvalue weighted by Gasteiger charge is -2.42. The van der Waals surface area contributed by atoms with E-state index in [0.29, 0.717) is 19.1 Å². The van der Waals surface area contributed by atoms with Crippen molar-refractivity contribution in [2.24, 2.45) is 0 Å². The van der Waals surface area contributed by atoms with Crippen LogP contribution in [0.5, 0.6) is 0 Å². The molecule has 0 N–H and O–H groups in total. The molecule has 1 aromatic heterocycles. The molecule has 0 spiro atoms. The number of hydrogen-bond acceptors (Lipinski definition) is 4. The van der Waals surface area contributed by atoms with Crippen molar-refractivity contribution in [3.05, 3.63) is 18.0 Å². The van der Waals surface area contributed by atoms with Gasteiger partial charge in [-0.1, -0.05) is 0 Å². The number of piperazine rings is 1. The smallest absolute Gasteiger partial charge is 0.338 e. The van der Waals surface area contributed by atoms with Crippen LogP contribution in [0.4, 0.5) is 19.1 Å². The van der Waals surface area contributed by atoms with Crippen molar-refractivity contribution in [1.29, 1.82) is 0 Å². The first-order valence-corrected chi connectivity index (χ1v) is 6.70. The molecule has 1 aromatic rings. The number of aromatic nitrogens is 2. The average molecular weight is 288 g/mol. The van der Waals surface area contributed by atoms with Crippen LogP contribution >= 0.6 is 0 Å². The summed E-state index contributed by atoms with van der Waals surface area (Å²) in [7, 11) is 0. The molecule has 0 radical (unpaired) electrons. The Morgan fingerprint density at radius 3 is 2.55 bits per heavy atom. The molecule has 0 bridgehead atoms. The van der Waals surface area contributed by atoms with E-state index in [1.54, 1.807) is 0 Å². The summed E-state index contributed by atoms with van der Waals surface area (Å²) in [6.45, 7) is 8.39. The lowest BCUT2D eigenvalue weighted by atomic mass is 10.1. The summed E-state index contributed by atoms with van der Waals surface area (Å²) in [6, 6.07) is 1.59. The van der Waals surface area contributed by atoms with Crippen LogP contribution < -0.4 is 4.90 Å². The molecule has 2 rings (SSSR count). The topological polar surface area (TPSA) is 32.3 Å². The third-order valence-electron chi connectivity index (χ3n) is 3.56. The first-order valence-electron chi connectivity index (χ1n) is 6.70. The molecule has 20 heavy (non-hydrogen) atoms. The van der Waals surface area contributed by atoms with E-state index < -0.39 is 11.9 Å². The Morgan fingerprint density at radius 1 is 1.30 bits per heavy atom. The first kappa shape index (κ1) is 15.0. The highest BCUT2D eigenvalue weighted by Gasteiger charge is 2.34. The second-order valence-electron chi connectivity index (χ2n) is 5.37. The Hall–Kier alpha value is -1.37. The van der Waals surface area contributed by atoms with E-state index in [9.17, 15) is 13.2 Å². The number of halogens is 3. The van der Waals surface area contributed by atoms with Gasteiger partial charge in [-0.3, -0.25) is 4.90 Å². The standard InChI is InChI=1S/C13H19F3N4/c1-9(2)20-7-6-19(8-10(20)3)12-17-5-4-11(18-12)13(14,15)16/h4-5,9-10H,6-8H2,1-3H3/t10-/m0/s1. The molecule has 112 valence electrons. The van der Waals surface area contributed by atoms with Crippen LogP contribution in [0.3, 0.4) is 0 Å². The van der Waals surface area contributed by atoms with Gasteiger partial charge < -0.3 is 4.90 Å². The molecule has 0 saturated carbocycles. The molecular weight excluding hydrogens is 269 g/mol. The van der Waals surface area contributed by atoms with Gasteiger partial charge in [0.25, 0.3) is 0 Å². The van der Waals surface area contributed by atoms with Gasteiger partial charge in [-0.25, -0.2) is 9.97 Å². The zero-order chi connectivity index (χ0) is 14.9. The van der Waals surface area contributed by atoms with Gasteiger partial charge in [0.2, 0.25) is 5.95 Å². The van der Waals surface area contributed by atoms with E-state index >= 15 is 0 Å². The van der Waals surface area contributed by atoms with Crippen molar-refractivity contribution >= 4 is 5.95 Å². The number of hydrogen-bond donors (Lipinski definition) is 0. The molecular formula is C13H19F3N4. The number of nitrogens with zero attached hydrogens (tertiary/aromatic N) is 4. The number of alkyl halides is 3. The average Bonchev–Trinajstić information content (AvgIpc) is 2.37. The maximum atomic E-state index is 12.7. The van der Waals surface area contributed by atoms with Gasteiger partial charge in [-0.05, 0) is 26.8 Å². The maximum Gasteiger partial charge on any atom is 0.433 e. The monoisotopic (exact) mass is 288 g/mol. The molecule has 1 saturated heterocycles. The Bertz CT molecular complexity index is 461. The lowest BCUT2D eigenvalue weighted by molar-refractivity contribution is -0.141. The minimum atomic E-state index is -4.43. The van der Waals surface area contributed by atoms with Crippen molar-refractivity contribution in [1.82, 2.24) is 14.9 Å². The predicted molar refractivity (Wildman–Crippen MR) is 70.6 cm³/mol. The van der Waals surface area contributed by atoms with Crippen molar-refractivity contribution in [3.63, 3.8) is 0 Å². The van der Waals surface area contributed by atoms with Gasteiger partial charge >= 0.3 is 6.18 Å². The molecule has 1 fully saturated rings. The molecule has 0 unspecified atom stereocenters. The van der Waals surface area contributed by atoms with Crippen LogP contribution in [0.2, 0.25) is 0 Å². The highest BCUT2D eigenvalue weighted by Crippen LogP contribution is 2.28. The minimum Gasteiger partial charge on any atom is -0.338 e. The van der Waals surface area contributed by atoms with Crippen molar-refractivity contribution < 1.29 is 13.2 Å². The molecule has 0 aromatic carbocycles. The zero-order valence-corrected chi connectivity index (χ0v) is 11.9. The summed E-state index contributed by atoms with van der Waals surface area (Å²) in [5, 5.41) is 0. The van der Waals surface area contributed by atoms with Gasteiger partial charge in [0, 0.05) is 37.9 Å². The molecule has 1 atom stereocenters. The highest BCUT2D eigenvalue weighted by molar-refractivity contribution is 5.32. The summed E-state index contributed by atoms with van der Waals surface area (Å²) < 4.78 is 38.0. The first-order chi connectivity index (χ1) is 9.29. The molecule has 1 aliphatic rings. The van der Waals surface area contributed by atoms with Crippen molar-refractivity contribution in [2.45, 2.75) is 39.0 Å². The third kappa shape index (κ3) is 3.20. The van der Waals surface area contributed by atoms with Gasteiger partial charge in [-0.2, -0.15) is 13.2 Å². The van der Waals surface area contributed by atoms with Gasteiger partial charge in [0.1, 0.15) is 5.69 Å². The van der Waals surface area contributed by atoms with Crippen LogP contribution in [0.15, 0.2) is 12.3 Å². The van der Waals surface area contributed by atoms with E-state index in [-0.39, 0.29) is 12.0 Å². The quantitative estimate of drug-likeness (QED) is 0.836. The molecule has 0 amide bonds. The number of rotatable bonds is 2. The normalized spacial score (nSPS) is 21.6. The fourth-order valence-electron chi connectivity index (χ4n) is 2.58. The summed E-state index contributed by atoms with van der Waals surface area (Å²) in [5.41, 5.74) is -0.888. The Morgan fingerprint density at radius 2 is 2.00 bits per heavy atom. The van der Waals surface area contributed by atoms with E-state index in [4.69, 9.17) is 0 Å². The van der Waals surface area contributed by atoms with Crippen LogP contribution in [0, 0.1) is 0 Å². The largest absolute Gasteiger partial charge is 0.433 e. The highest BCUT2D eigenvalue weighted by atomic mass is 19.4. The lowest BCUT2D eigenvalue weighted by Crippen LogP contribution is -2.54. The summed E-state index contributed by atoms with van der Waals surface area (Å²) >= 11 is 0. The van der Waals surface area contributed by atoms with E-state index in [2.05, 4.69) is 35.6 Å². The van der Waals surface area contributed by atoms with Crippen molar-refractivity contribution in [3.8, 4) is 0 Å². The molecule has 7 heteroatoms. The van der Waals surface area contributed by atoms with Gasteiger partial charge in [0.05, 0.1) is 0 Å². The van der Waals surface area contributed by atoms with Crippen LogP contribution in [0.25, 0.3) is 0 Å².